The molecule has 8 aromatic heterocycles. The fourth-order valence-electron chi connectivity index (χ4n) is 18.1. The van der Waals surface area contributed by atoms with Gasteiger partial charge in [-0.05, 0) is 180 Å². The number of rotatable bonds is 18. The molecule has 0 bridgehead atoms. The SMILES string of the molecule is C=CC(=O)N1CC(C)N(c2nc(=O)n(-c3c(C(C)C)ncnc3C(C)C)c3nc(-c4cc(O)ccc4C)c(Cl)cc23)CC1C.C=CC(=O)N1CC(C)N(c2nc(=O)n(-c3c(C)cc(N4CCC4)nc3C(C)C)c3nc(-c4ccccc4F)c(Cl)cc23)CC1C.C=CC(=O)N1CCN(C2c3cc(Cl)c(-c4ccccc4F)nc3N(c3c(C)ccnc3C(C)C)C(=O)C2C(=C)N)CC1. The number of pyridine rings is 5. The van der Waals surface area contributed by atoms with E-state index in [1.165, 1.54) is 45.8 Å². The molecule has 682 valence electrons. The molecule has 4 amide bonds. The molecule has 3 aromatic carbocycles. The molecule has 0 aliphatic carbocycles. The number of phenolic OH excluding ortho intramolecular Hbond substituents is 1. The molecular weight excluding hydrogens is 1730 g/mol. The van der Waals surface area contributed by atoms with Gasteiger partial charge in [-0.15, -0.1) is 0 Å². The maximum atomic E-state index is 15.1. The van der Waals surface area contributed by atoms with Crippen LogP contribution in [0, 0.1) is 38.3 Å². The van der Waals surface area contributed by atoms with E-state index in [1.807, 2.05) is 126 Å². The van der Waals surface area contributed by atoms with Crippen molar-refractivity contribution in [3.8, 4) is 50.9 Å². The van der Waals surface area contributed by atoms with Crippen molar-refractivity contribution in [1.82, 2.24) is 73.6 Å². The van der Waals surface area contributed by atoms with Gasteiger partial charge in [-0.2, -0.15) is 9.97 Å². The molecule has 11 aromatic rings. The molecule has 4 saturated heterocycles. The number of carbonyl (C=O) groups excluding carboxylic acids is 4. The number of anilines is 5. The standard InChI is InChI=1S/C34H37ClFN7O2.C33H38ClN7O3.C32H34ClFN6O2/c1-7-28(44)41-17-22(6)42(18-21(41)5)32-24-16-25(35)30(23-11-8-9-12-26(23)36)38-33(24)43(34(45)39-32)31-20(4)15-27(40-13-10-14-40)37-29(31)19(2)3;1-9-26(43)39-14-21(8)40(15-20(39)7)31-24-13-25(34)29(23-12-22(42)11-10-19(23)6)37-32(24)41(33(44)38-31)30-27(17(2)3)35-16-36-28(30)18(4)5;1-6-25(41)38-13-15-39(16-14-38)30-22-17-23(33)28(21-9-7-8-10-24(21)34)37-31(22)40(32(42)26(30)20(5)35)29-19(4)11-12-36-27(29)18(2)3/h7-9,11-12,15-16,19,21-22H,1,10,13-14,17-18H2,2-6H3;9-13,16-18,20-21,42H,1,14-15H2,2-8H3;6-12,17-18,26,30H,1,5,13-16,35H2,2-4H3. The third kappa shape index (κ3) is 18.3. The van der Waals surface area contributed by atoms with Crippen LogP contribution in [0.15, 0.2) is 169 Å². The number of carbonyl (C=O) groups is 4. The molecule has 5 aliphatic rings. The number of nitrogens with zero attached hydrogens (tertiary/aromatic N) is 19. The summed E-state index contributed by atoms with van der Waals surface area (Å²) in [5.41, 5.74) is 16.0. The van der Waals surface area contributed by atoms with E-state index in [4.69, 9.17) is 60.5 Å². The minimum atomic E-state index is -0.837. The number of halogens is 5. The van der Waals surface area contributed by atoms with Gasteiger partial charge in [0.2, 0.25) is 23.6 Å². The van der Waals surface area contributed by atoms with Gasteiger partial charge >= 0.3 is 11.4 Å². The molecule has 0 spiro atoms. The average Bonchev–Trinajstić information content (AvgIpc) is 0.727. The lowest BCUT2D eigenvalue weighted by atomic mass is 9.83. The first kappa shape index (κ1) is 94.4. The Morgan fingerprint density at radius 2 is 0.977 bits per heavy atom. The Hall–Kier alpha value is -12.7. The molecule has 0 radical (unpaired) electrons. The molecule has 3 N–H and O–H groups in total. The van der Waals surface area contributed by atoms with E-state index >= 15 is 8.78 Å². The van der Waals surface area contributed by atoms with Gasteiger partial charge in [0.1, 0.15) is 47.0 Å². The highest BCUT2D eigenvalue weighted by atomic mass is 35.5. The first-order valence-corrected chi connectivity index (χ1v) is 45.2. The molecule has 16 rings (SSSR count). The largest absolute Gasteiger partial charge is 0.508 e. The lowest BCUT2D eigenvalue weighted by Crippen LogP contribution is -2.58. The van der Waals surface area contributed by atoms with Crippen LogP contribution >= 0.6 is 34.8 Å². The summed E-state index contributed by atoms with van der Waals surface area (Å²) in [6.45, 7) is 50.2. The van der Waals surface area contributed by atoms with Gasteiger partial charge in [0, 0.05) is 124 Å². The highest BCUT2D eigenvalue weighted by Crippen LogP contribution is 2.51. The monoisotopic (exact) mass is 1830 g/mol. The van der Waals surface area contributed by atoms with Crippen molar-refractivity contribution < 1.29 is 33.1 Å². The Morgan fingerprint density at radius 1 is 0.504 bits per heavy atom. The van der Waals surface area contributed by atoms with Gasteiger partial charge in [0.05, 0.1) is 94.7 Å². The minimum Gasteiger partial charge on any atom is -0.508 e. The van der Waals surface area contributed by atoms with Crippen LogP contribution in [0.3, 0.4) is 0 Å². The van der Waals surface area contributed by atoms with E-state index in [2.05, 4.69) is 61.0 Å². The average molecular weight is 1840 g/mol. The lowest BCUT2D eigenvalue weighted by molar-refractivity contribution is -0.130. The predicted molar refractivity (Wildman–Crippen MR) is 514 cm³/mol. The number of aryl methyl sites for hydroxylation is 3. The van der Waals surface area contributed by atoms with Crippen molar-refractivity contribution in [2.24, 2.45) is 11.7 Å². The summed E-state index contributed by atoms with van der Waals surface area (Å²) in [5, 5.41) is 12.3. The van der Waals surface area contributed by atoms with E-state index in [-0.39, 0.29) is 115 Å². The van der Waals surface area contributed by atoms with Gasteiger partial charge < -0.3 is 40.2 Å². The minimum absolute atomic E-state index is 0.0118. The molecule has 13 heterocycles. The van der Waals surface area contributed by atoms with Crippen molar-refractivity contribution in [3.05, 3.63) is 253 Å². The smallest absolute Gasteiger partial charge is 0.355 e. The van der Waals surface area contributed by atoms with E-state index in [1.54, 1.807) is 98.6 Å². The third-order valence-corrected chi connectivity index (χ3v) is 25.8. The summed E-state index contributed by atoms with van der Waals surface area (Å²) >= 11 is 20.7. The van der Waals surface area contributed by atoms with Gasteiger partial charge in [-0.3, -0.25) is 34.0 Å². The Kier molecular flexibility index (Phi) is 27.9. The van der Waals surface area contributed by atoms with Crippen LogP contribution in [0.4, 0.5) is 37.7 Å². The third-order valence-electron chi connectivity index (χ3n) is 24.9. The maximum Gasteiger partial charge on any atom is 0.355 e. The molecule has 131 heavy (non-hydrogen) atoms. The maximum absolute atomic E-state index is 15.1. The molecule has 32 heteroatoms. The topological polar surface area (TPSA) is 300 Å². The van der Waals surface area contributed by atoms with Crippen LogP contribution in [0.25, 0.3) is 67.2 Å². The van der Waals surface area contributed by atoms with Gasteiger partial charge in [-0.1, -0.05) is 147 Å². The number of phenols is 1. The number of aromatic nitrogens is 11. The van der Waals surface area contributed by atoms with Crippen LogP contribution in [0.2, 0.25) is 15.1 Å². The summed E-state index contributed by atoms with van der Waals surface area (Å²) in [7, 11) is 0. The fourth-order valence-corrected chi connectivity index (χ4v) is 18.9. The molecule has 4 fully saturated rings. The zero-order chi connectivity index (χ0) is 94.5. The summed E-state index contributed by atoms with van der Waals surface area (Å²) in [4.78, 5) is 139. The van der Waals surface area contributed by atoms with Crippen LogP contribution in [-0.4, -0.2) is 192 Å². The van der Waals surface area contributed by atoms with Crippen molar-refractivity contribution in [2.45, 2.75) is 164 Å². The number of fused-ring (bicyclic) bond motifs is 3. The van der Waals surface area contributed by atoms with Crippen molar-refractivity contribution in [1.29, 1.82) is 0 Å². The number of hydrogen-bond acceptors (Lipinski definition) is 21. The Balaban J connectivity index is 0.000000158. The van der Waals surface area contributed by atoms with E-state index < -0.39 is 35.0 Å². The number of nitrogens with two attached hydrogens (primary N) is 1. The Morgan fingerprint density at radius 3 is 1.45 bits per heavy atom. The second kappa shape index (κ2) is 38.8. The molecule has 27 nitrogen and oxygen atoms in total. The van der Waals surface area contributed by atoms with Crippen molar-refractivity contribution >= 4 is 109 Å². The number of hydrogen-bond donors (Lipinski definition) is 2. The van der Waals surface area contributed by atoms with Crippen LogP contribution in [0.5, 0.6) is 5.75 Å². The number of piperazine rings is 3. The number of aromatic hydroxyl groups is 1. The fraction of sp³-hybridized carbons (Fsp3) is 0.364. The first-order valence-electron chi connectivity index (χ1n) is 44.1. The molecule has 5 aliphatic heterocycles. The number of amides is 4. The van der Waals surface area contributed by atoms with E-state index in [0.717, 1.165) is 53.4 Å². The Bertz CT molecular complexity index is 6500. The zero-order valence-corrected chi connectivity index (χ0v) is 78.6. The molecular formula is C99H109Cl3F2N20O7. The summed E-state index contributed by atoms with van der Waals surface area (Å²) in [6.07, 6.45) is 8.30. The summed E-state index contributed by atoms with van der Waals surface area (Å²) in [5.74, 6) is -0.453. The highest BCUT2D eigenvalue weighted by Gasteiger charge is 2.49. The second-order valence-electron chi connectivity index (χ2n) is 35.3. The van der Waals surface area contributed by atoms with E-state index in [0.29, 0.717) is 142 Å². The van der Waals surface area contributed by atoms with Crippen LogP contribution in [0.1, 0.15) is 164 Å². The van der Waals surface area contributed by atoms with Crippen LogP contribution < -0.4 is 36.7 Å². The summed E-state index contributed by atoms with van der Waals surface area (Å²) < 4.78 is 33.1. The first-order chi connectivity index (χ1) is 62.4. The Labute approximate surface area is 775 Å². The van der Waals surface area contributed by atoms with E-state index in [9.17, 15) is 33.9 Å². The van der Waals surface area contributed by atoms with Gasteiger partial charge in [0.25, 0.3) is 0 Å². The van der Waals surface area contributed by atoms with Crippen LogP contribution in [-0.2, 0) is 19.2 Å². The number of benzene rings is 3. The van der Waals surface area contributed by atoms with Gasteiger partial charge in [-0.25, -0.2) is 57.4 Å². The quantitative estimate of drug-likeness (QED) is 0.0754. The second-order valence-corrected chi connectivity index (χ2v) is 36.6. The zero-order valence-electron chi connectivity index (χ0n) is 76.4. The normalized spacial score (nSPS) is 18.2. The molecule has 6 unspecified atom stereocenters. The highest BCUT2D eigenvalue weighted by molar-refractivity contribution is 6.35. The van der Waals surface area contributed by atoms with Gasteiger partial charge in [0.15, 0.2) is 11.3 Å². The van der Waals surface area contributed by atoms with Crippen molar-refractivity contribution in [3.63, 3.8) is 0 Å². The lowest BCUT2D eigenvalue weighted by Gasteiger charge is -2.46. The predicted octanol–water partition coefficient (Wildman–Crippen LogP) is 17.2. The van der Waals surface area contributed by atoms with Crippen molar-refractivity contribution in [2.75, 3.05) is 85.0 Å². The summed E-state index contributed by atoms with van der Waals surface area (Å²) in [6, 6.07) is 25.5. The molecule has 0 saturated carbocycles. The molecule has 6 atom stereocenters.